The Kier molecular flexibility index (Phi) is 7.18. The van der Waals surface area contributed by atoms with E-state index in [1.54, 1.807) is 25.1 Å². The zero-order chi connectivity index (χ0) is 19.8. The molecule has 2 N–H and O–H groups in total. The summed E-state index contributed by atoms with van der Waals surface area (Å²) in [6.07, 6.45) is 2.47. The van der Waals surface area contributed by atoms with Gasteiger partial charge in [0.15, 0.2) is 0 Å². The molecule has 142 valence electrons. The van der Waals surface area contributed by atoms with Crippen LogP contribution in [0.1, 0.15) is 21.9 Å². The average molecular weight is 392 g/mol. The van der Waals surface area contributed by atoms with Gasteiger partial charge in [-0.05, 0) is 31.2 Å². The maximum atomic E-state index is 13.4. The number of hydrazine groups is 1. The second-order valence-corrected chi connectivity index (χ2v) is 6.22. The van der Waals surface area contributed by atoms with Crippen molar-refractivity contribution in [2.75, 3.05) is 12.9 Å². The largest absolute Gasteiger partial charge is 0.465 e. The van der Waals surface area contributed by atoms with Crippen LogP contribution in [-0.2, 0) is 14.3 Å². The van der Waals surface area contributed by atoms with Crippen molar-refractivity contribution in [3.05, 3.63) is 59.3 Å². The summed E-state index contributed by atoms with van der Waals surface area (Å²) in [4.78, 5) is 35.2. The number of hydrogen-bond acceptors (Lipinski definition) is 6. The highest BCUT2D eigenvalue weighted by Gasteiger charge is 2.14. The van der Waals surface area contributed by atoms with Crippen LogP contribution >= 0.6 is 11.8 Å². The fourth-order valence-electron chi connectivity index (χ4n) is 1.97. The molecule has 27 heavy (non-hydrogen) atoms. The number of hydrogen-bond donors (Lipinski definition) is 2. The topological polar surface area (TPSA) is 97.6 Å². The summed E-state index contributed by atoms with van der Waals surface area (Å²) in [5, 5.41) is 0. The molecule has 0 fully saturated rings. The van der Waals surface area contributed by atoms with Crippen molar-refractivity contribution in [2.24, 2.45) is 0 Å². The minimum absolute atomic E-state index is 0.0647. The molecule has 0 saturated heterocycles. The van der Waals surface area contributed by atoms with Crippen molar-refractivity contribution in [1.82, 2.24) is 10.9 Å². The van der Waals surface area contributed by atoms with Crippen molar-refractivity contribution in [1.29, 1.82) is 0 Å². The number of furan rings is 1. The number of thioether (sulfide) groups is 1. The molecule has 2 rings (SSSR count). The third-order valence-electron chi connectivity index (χ3n) is 3.26. The molecule has 1 aromatic carbocycles. The van der Waals surface area contributed by atoms with Crippen LogP contribution in [0.2, 0.25) is 0 Å². The van der Waals surface area contributed by atoms with Gasteiger partial charge in [-0.25, -0.2) is 9.18 Å². The molecule has 2 aromatic rings. The number of carbonyl (C=O) groups is 3. The van der Waals surface area contributed by atoms with Gasteiger partial charge in [-0.15, -0.1) is 11.8 Å². The molecule has 0 aliphatic rings. The predicted octanol–water partition coefficient (Wildman–Crippen LogP) is 2.47. The number of halogens is 1. The van der Waals surface area contributed by atoms with Crippen LogP contribution in [-0.4, -0.2) is 30.6 Å². The van der Waals surface area contributed by atoms with E-state index >= 15 is 0 Å². The molecule has 0 unspecified atom stereocenters. The minimum Gasteiger partial charge on any atom is -0.465 e. The summed E-state index contributed by atoms with van der Waals surface area (Å²) >= 11 is 1.01. The first-order chi connectivity index (χ1) is 12.9. The molecule has 7 nitrogen and oxygen atoms in total. The zero-order valence-corrected chi connectivity index (χ0v) is 15.4. The summed E-state index contributed by atoms with van der Waals surface area (Å²) in [7, 11) is 1.25. The van der Waals surface area contributed by atoms with Gasteiger partial charge in [0, 0.05) is 11.0 Å². The van der Waals surface area contributed by atoms with Crippen LogP contribution in [0.15, 0.2) is 45.7 Å². The van der Waals surface area contributed by atoms with E-state index in [9.17, 15) is 18.8 Å². The Labute approximate surface area is 158 Å². The third kappa shape index (κ3) is 6.00. The summed E-state index contributed by atoms with van der Waals surface area (Å²) in [6.45, 7) is 1.59. The maximum absolute atomic E-state index is 13.4. The SMILES string of the molecule is COC(=O)c1cc(/C=C/C(=O)NNC(=O)CSc2ccccc2F)oc1C. The van der Waals surface area contributed by atoms with E-state index in [4.69, 9.17) is 4.42 Å². The van der Waals surface area contributed by atoms with Gasteiger partial charge < -0.3 is 9.15 Å². The lowest BCUT2D eigenvalue weighted by molar-refractivity contribution is -0.125. The Morgan fingerprint density at radius 2 is 2.00 bits per heavy atom. The first-order valence-electron chi connectivity index (χ1n) is 7.73. The van der Waals surface area contributed by atoms with Gasteiger partial charge in [0.05, 0.1) is 12.9 Å². The average Bonchev–Trinajstić information content (AvgIpc) is 3.04. The third-order valence-corrected chi connectivity index (χ3v) is 4.31. The maximum Gasteiger partial charge on any atom is 0.341 e. The van der Waals surface area contributed by atoms with E-state index in [1.165, 1.54) is 25.3 Å². The molecule has 0 radical (unpaired) electrons. The van der Waals surface area contributed by atoms with Crippen LogP contribution in [0.5, 0.6) is 0 Å². The molecule has 2 amide bonds. The molecule has 0 aliphatic carbocycles. The highest BCUT2D eigenvalue weighted by molar-refractivity contribution is 8.00. The molecular weight excluding hydrogens is 375 g/mol. The van der Waals surface area contributed by atoms with Crippen molar-refractivity contribution < 1.29 is 27.9 Å². The first-order valence-corrected chi connectivity index (χ1v) is 8.72. The van der Waals surface area contributed by atoms with E-state index in [2.05, 4.69) is 15.6 Å². The van der Waals surface area contributed by atoms with Gasteiger partial charge in [-0.3, -0.25) is 20.4 Å². The molecule has 0 bridgehead atoms. The smallest absolute Gasteiger partial charge is 0.341 e. The number of amides is 2. The normalized spacial score (nSPS) is 10.6. The van der Waals surface area contributed by atoms with E-state index < -0.39 is 23.6 Å². The van der Waals surface area contributed by atoms with E-state index in [1.807, 2.05) is 0 Å². The van der Waals surface area contributed by atoms with Gasteiger partial charge in [0.2, 0.25) is 5.91 Å². The lowest BCUT2D eigenvalue weighted by Crippen LogP contribution is -2.41. The van der Waals surface area contributed by atoms with Crippen molar-refractivity contribution in [2.45, 2.75) is 11.8 Å². The highest BCUT2D eigenvalue weighted by atomic mass is 32.2. The fraction of sp³-hybridized carbons (Fsp3) is 0.167. The van der Waals surface area contributed by atoms with Crippen LogP contribution < -0.4 is 10.9 Å². The number of carbonyl (C=O) groups excluding carboxylic acids is 3. The molecule has 0 atom stereocenters. The second-order valence-electron chi connectivity index (χ2n) is 5.20. The summed E-state index contributed by atoms with van der Waals surface area (Å²) in [5.41, 5.74) is 4.67. The number of esters is 1. The van der Waals surface area contributed by atoms with Gasteiger partial charge >= 0.3 is 5.97 Å². The van der Waals surface area contributed by atoms with Crippen molar-refractivity contribution >= 4 is 35.6 Å². The minimum atomic E-state index is -0.604. The van der Waals surface area contributed by atoms with Crippen molar-refractivity contribution in [3.8, 4) is 0 Å². The lowest BCUT2D eigenvalue weighted by atomic mass is 10.2. The lowest BCUT2D eigenvalue weighted by Gasteiger charge is -2.05. The number of aryl methyl sites for hydroxylation is 1. The molecular formula is C18H17FN2O5S. The summed E-state index contributed by atoms with van der Waals surface area (Å²) in [6, 6.07) is 7.52. The first kappa shape index (κ1) is 20.2. The molecule has 0 saturated carbocycles. The summed E-state index contributed by atoms with van der Waals surface area (Å²) < 4.78 is 23.4. The second kappa shape index (κ2) is 9.58. The van der Waals surface area contributed by atoms with Gasteiger partial charge in [-0.1, -0.05) is 12.1 Å². The number of nitrogens with one attached hydrogen (secondary N) is 2. The Morgan fingerprint density at radius 3 is 2.70 bits per heavy atom. The molecule has 1 heterocycles. The Balaban J connectivity index is 1.80. The van der Waals surface area contributed by atoms with Gasteiger partial charge in [-0.2, -0.15) is 0 Å². The molecule has 9 heteroatoms. The number of ether oxygens (including phenoxy) is 1. The van der Waals surface area contributed by atoms with Gasteiger partial charge in [0.25, 0.3) is 5.91 Å². The van der Waals surface area contributed by atoms with Crippen LogP contribution in [0, 0.1) is 12.7 Å². The predicted molar refractivity (Wildman–Crippen MR) is 97.2 cm³/mol. The highest BCUT2D eigenvalue weighted by Crippen LogP contribution is 2.20. The van der Waals surface area contributed by atoms with Crippen LogP contribution in [0.25, 0.3) is 6.08 Å². The molecule has 0 spiro atoms. The Morgan fingerprint density at radius 1 is 1.26 bits per heavy atom. The fourth-order valence-corrected chi connectivity index (χ4v) is 2.71. The van der Waals surface area contributed by atoms with E-state index in [-0.39, 0.29) is 17.1 Å². The standard InChI is InChI=1S/C18H17FN2O5S/c1-11-13(18(24)25-2)9-12(26-11)7-8-16(22)20-21-17(23)10-27-15-6-4-3-5-14(15)19/h3-9H,10H2,1-2H3,(H,20,22)(H,21,23)/b8-7+. The Bertz CT molecular complexity index is 878. The number of rotatable bonds is 6. The van der Waals surface area contributed by atoms with Gasteiger partial charge in [0.1, 0.15) is 22.9 Å². The van der Waals surface area contributed by atoms with Crippen LogP contribution in [0.4, 0.5) is 4.39 Å². The van der Waals surface area contributed by atoms with Crippen molar-refractivity contribution in [3.63, 3.8) is 0 Å². The monoisotopic (exact) mass is 392 g/mol. The van der Waals surface area contributed by atoms with E-state index in [0.717, 1.165) is 17.8 Å². The Hall–Kier alpha value is -3.07. The van der Waals surface area contributed by atoms with Crippen LogP contribution in [0.3, 0.4) is 0 Å². The zero-order valence-electron chi connectivity index (χ0n) is 14.6. The molecule has 0 aliphatic heterocycles. The number of benzene rings is 1. The quantitative estimate of drug-likeness (QED) is 0.339. The molecule has 1 aromatic heterocycles. The summed E-state index contributed by atoms with van der Waals surface area (Å²) in [5.74, 6) is -1.47. The number of methoxy groups -OCH3 is 1. The van der Waals surface area contributed by atoms with E-state index in [0.29, 0.717) is 10.7 Å².